The van der Waals surface area contributed by atoms with Crippen molar-refractivity contribution in [1.29, 1.82) is 0 Å². The summed E-state index contributed by atoms with van der Waals surface area (Å²) in [5.41, 5.74) is 8.14. The molecule has 0 N–H and O–H groups in total. The van der Waals surface area contributed by atoms with Crippen molar-refractivity contribution in [2.45, 2.75) is 0 Å². The van der Waals surface area contributed by atoms with Crippen LogP contribution < -0.4 is 0 Å². The van der Waals surface area contributed by atoms with E-state index in [0.29, 0.717) is 211 Å². The second-order valence-electron chi connectivity index (χ2n) is 10.1. The van der Waals surface area contributed by atoms with Crippen molar-refractivity contribution in [3.05, 3.63) is 10.4 Å². The molecular formula is C33H67N3O16. The molecule has 0 heterocycles. The second kappa shape index (κ2) is 49.7. The lowest BCUT2D eigenvalue weighted by Crippen LogP contribution is -2.16. The van der Waals surface area contributed by atoms with Gasteiger partial charge in [0.1, 0.15) is 0 Å². The molecule has 0 spiro atoms. The Balaban J connectivity index is 3.05. The summed E-state index contributed by atoms with van der Waals surface area (Å²) in [6.45, 7) is 15.9. The summed E-state index contributed by atoms with van der Waals surface area (Å²) in [6, 6.07) is 0. The molecule has 0 aliphatic carbocycles. The lowest BCUT2D eigenvalue weighted by atomic mass is 10.6. The third-order valence-electron chi connectivity index (χ3n) is 6.04. The fraction of sp³-hybridized carbons (Fsp3) is 1.00. The molecule has 19 heteroatoms. The van der Waals surface area contributed by atoms with E-state index in [1.807, 2.05) is 0 Å². The van der Waals surface area contributed by atoms with E-state index in [1.165, 1.54) is 0 Å². The molecule has 0 aliphatic rings. The van der Waals surface area contributed by atoms with Crippen molar-refractivity contribution in [2.75, 3.05) is 218 Å². The fourth-order valence-electron chi connectivity index (χ4n) is 3.47. The number of hydrogen-bond acceptors (Lipinski definition) is 17. The Hall–Kier alpha value is -1.33. The van der Waals surface area contributed by atoms with Crippen LogP contribution in [-0.4, -0.2) is 218 Å². The summed E-state index contributed by atoms with van der Waals surface area (Å²) in [5, 5.41) is 3.37. The molecule has 0 radical (unpaired) electrons. The number of rotatable bonds is 48. The molecule has 0 atom stereocenters. The van der Waals surface area contributed by atoms with Gasteiger partial charge in [0.05, 0.1) is 205 Å². The van der Waals surface area contributed by atoms with Crippen LogP contribution in [0.1, 0.15) is 0 Å². The Kier molecular flexibility index (Phi) is 48.4. The highest BCUT2D eigenvalue weighted by Crippen LogP contribution is 1.88. The minimum absolute atomic E-state index is 0.325. The Morgan fingerprint density at radius 2 is 0.423 bits per heavy atom. The van der Waals surface area contributed by atoms with Gasteiger partial charge in [-0.1, -0.05) is 5.11 Å². The van der Waals surface area contributed by atoms with Crippen molar-refractivity contribution in [3.8, 4) is 0 Å². The molecule has 0 bridgehead atoms. The van der Waals surface area contributed by atoms with E-state index < -0.39 is 0 Å². The van der Waals surface area contributed by atoms with Gasteiger partial charge in [-0.3, -0.25) is 0 Å². The molecule has 310 valence electrons. The molecule has 52 heavy (non-hydrogen) atoms. The van der Waals surface area contributed by atoms with Gasteiger partial charge in [0.25, 0.3) is 0 Å². The number of hydrogen-bond donors (Lipinski definition) is 0. The highest BCUT2D eigenvalue weighted by molar-refractivity contribution is 4.44. The minimum atomic E-state index is 0.325. The molecule has 0 saturated heterocycles. The van der Waals surface area contributed by atoms with Crippen LogP contribution in [0.15, 0.2) is 5.11 Å². The van der Waals surface area contributed by atoms with E-state index in [-0.39, 0.29) is 0 Å². The lowest BCUT2D eigenvalue weighted by Gasteiger charge is -2.09. The van der Waals surface area contributed by atoms with Crippen LogP contribution in [0.3, 0.4) is 0 Å². The maximum atomic E-state index is 8.14. The molecule has 0 aromatic heterocycles. The van der Waals surface area contributed by atoms with E-state index in [0.717, 1.165) is 0 Å². The molecular weight excluding hydrogens is 694 g/mol. The van der Waals surface area contributed by atoms with Gasteiger partial charge in [-0.15, -0.1) is 0 Å². The highest BCUT2D eigenvalue weighted by atomic mass is 16.6. The Bertz CT molecular complexity index is 702. The highest BCUT2D eigenvalue weighted by Gasteiger charge is 1.97. The van der Waals surface area contributed by atoms with Gasteiger partial charge in [0.15, 0.2) is 0 Å². The van der Waals surface area contributed by atoms with Crippen molar-refractivity contribution in [3.63, 3.8) is 0 Å². The molecule has 0 fully saturated rings. The SMILES string of the molecule is COCCOCCOCCOCCOCCOCCOCCOCCOCCOCCOCCOCCOCCOCCOCCOCCN=[N+]=[N-]. The van der Waals surface area contributed by atoms with E-state index in [1.54, 1.807) is 7.11 Å². The van der Waals surface area contributed by atoms with Gasteiger partial charge in [-0.25, -0.2) is 0 Å². The van der Waals surface area contributed by atoms with Gasteiger partial charge in [0.2, 0.25) is 0 Å². The largest absolute Gasteiger partial charge is 0.382 e. The summed E-state index contributed by atoms with van der Waals surface area (Å²) in [5.74, 6) is 0. The van der Waals surface area contributed by atoms with Crippen LogP contribution >= 0.6 is 0 Å². The van der Waals surface area contributed by atoms with Gasteiger partial charge >= 0.3 is 0 Å². The summed E-state index contributed by atoms with van der Waals surface area (Å²) in [7, 11) is 1.64. The van der Waals surface area contributed by atoms with E-state index in [4.69, 9.17) is 81.3 Å². The summed E-state index contributed by atoms with van der Waals surface area (Å²) in [6.07, 6.45) is 0. The number of methoxy groups -OCH3 is 1. The first-order chi connectivity index (χ1) is 25.9. The van der Waals surface area contributed by atoms with Gasteiger partial charge in [-0.05, 0) is 5.53 Å². The standard InChI is InChI=1S/C33H67N3O16/c1-37-4-5-39-8-9-41-12-13-43-16-17-45-20-21-47-24-25-49-28-29-51-32-33-52-31-30-50-27-26-48-23-22-46-19-18-44-15-14-42-11-10-40-7-6-38-3-2-35-36-34/h2-33H2,1H3. The van der Waals surface area contributed by atoms with Crippen molar-refractivity contribution in [1.82, 2.24) is 0 Å². The first kappa shape index (κ1) is 50.7. The van der Waals surface area contributed by atoms with Crippen LogP contribution in [0.4, 0.5) is 0 Å². The number of ether oxygens (including phenoxy) is 16. The van der Waals surface area contributed by atoms with Crippen molar-refractivity contribution in [2.24, 2.45) is 5.11 Å². The van der Waals surface area contributed by atoms with Crippen molar-refractivity contribution >= 4 is 0 Å². The average Bonchev–Trinajstić information content (AvgIpc) is 3.16. The first-order valence-electron chi connectivity index (χ1n) is 18.1. The van der Waals surface area contributed by atoms with Crippen LogP contribution in [0.5, 0.6) is 0 Å². The second-order valence-corrected chi connectivity index (χ2v) is 10.1. The first-order valence-corrected chi connectivity index (χ1v) is 18.1. The third kappa shape index (κ3) is 48.7. The molecule has 0 rings (SSSR count). The fourth-order valence-corrected chi connectivity index (χ4v) is 3.47. The normalized spacial score (nSPS) is 11.4. The summed E-state index contributed by atoms with van der Waals surface area (Å²) in [4.78, 5) is 2.65. The Morgan fingerprint density at radius 3 is 0.577 bits per heavy atom. The van der Waals surface area contributed by atoms with E-state index in [9.17, 15) is 0 Å². The van der Waals surface area contributed by atoms with E-state index in [2.05, 4.69) is 10.0 Å². The number of azide groups is 1. The Labute approximate surface area is 309 Å². The van der Waals surface area contributed by atoms with Gasteiger partial charge in [0, 0.05) is 18.6 Å². The molecule has 0 unspecified atom stereocenters. The lowest BCUT2D eigenvalue weighted by molar-refractivity contribution is -0.0302. The van der Waals surface area contributed by atoms with Crippen LogP contribution in [0, 0.1) is 0 Å². The quantitative estimate of drug-likeness (QED) is 0.0371. The molecule has 0 saturated carbocycles. The van der Waals surface area contributed by atoms with Crippen LogP contribution in [0.2, 0.25) is 0 Å². The number of nitrogens with zero attached hydrogens (tertiary/aromatic N) is 3. The topological polar surface area (TPSA) is 196 Å². The predicted octanol–water partition coefficient (Wildman–Crippen LogP) is 1.19. The third-order valence-corrected chi connectivity index (χ3v) is 6.04. The minimum Gasteiger partial charge on any atom is -0.382 e. The molecule has 0 aromatic carbocycles. The molecule has 0 aromatic rings. The zero-order valence-corrected chi connectivity index (χ0v) is 31.5. The molecule has 0 amide bonds. The maximum Gasteiger partial charge on any atom is 0.0701 e. The Morgan fingerprint density at radius 1 is 0.269 bits per heavy atom. The van der Waals surface area contributed by atoms with Crippen LogP contribution in [-0.2, 0) is 75.8 Å². The van der Waals surface area contributed by atoms with Crippen LogP contribution in [0.25, 0.3) is 10.4 Å². The summed E-state index contributed by atoms with van der Waals surface area (Å²) >= 11 is 0. The summed E-state index contributed by atoms with van der Waals surface area (Å²) < 4.78 is 86.3. The zero-order chi connectivity index (χ0) is 37.4. The van der Waals surface area contributed by atoms with Crippen molar-refractivity contribution < 1.29 is 75.8 Å². The predicted molar refractivity (Wildman–Crippen MR) is 188 cm³/mol. The maximum absolute atomic E-state index is 8.14. The zero-order valence-electron chi connectivity index (χ0n) is 31.5. The molecule has 0 aliphatic heterocycles. The van der Waals surface area contributed by atoms with Gasteiger partial charge < -0.3 is 75.8 Å². The van der Waals surface area contributed by atoms with Gasteiger partial charge in [-0.2, -0.15) is 0 Å². The molecule has 19 nitrogen and oxygen atoms in total. The monoisotopic (exact) mass is 761 g/mol. The van der Waals surface area contributed by atoms with E-state index >= 15 is 0 Å². The average molecular weight is 762 g/mol. The smallest absolute Gasteiger partial charge is 0.0701 e.